The number of anilines is 1. The highest BCUT2D eigenvalue weighted by atomic mass is 19.4. The van der Waals surface area contributed by atoms with E-state index in [1.165, 1.54) is 0 Å². The number of para-hydroxylation sites is 1. The van der Waals surface area contributed by atoms with Crippen LogP contribution >= 0.6 is 0 Å². The van der Waals surface area contributed by atoms with Gasteiger partial charge in [0.1, 0.15) is 17.3 Å². The van der Waals surface area contributed by atoms with E-state index in [4.69, 9.17) is 18.9 Å². The summed E-state index contributed by atoms with van der Waals surface area (Å²) in [4.78, 5) is 14.3. The molecule has 1 aliphatic heterocycles. The summed E-state index contributed by atoms with van der Waals surface area (Å²) in [5, 5.41) is 3.00. The quantitative estimate of drug-likeness (QED) is 0.218. The van der Waals surface area contributed by atoms with Crippen molar-refractivity contribution in [1.29, 1.82) is 0 Å². The fourth-order valence-corrected chi connectivity index (χ4v) is 4.52. The normalized spacial score (nSPS) is 15.7. The average Bonchev–Trinajstić information content (AvgIpc) is 2.96. The van der Waals surface area contributed by atoms with Gasteiger partial charge in [0.2, 0.25) is 5.91 Å². The van der Waals surface area contributed by atoms with Crippen LogP contribution in [0.1, 0.15) is 23.1 Å². The molecule has 1 heterocycles. The maximum Gasteiger partial charge on any atom is 0.416 e. The van der Waals surface area contributed by atoms with E-state index in [0.717, 1.165) is 23.4 Å². The minimum Gasteiger partial charge on any atom is -0.496 e. The molecule has 0 bridgehead atoms. The van der Waals surface area contributed by atoms with Crippen LogP contribution in [0.2, 0.25) is 0 Å². The number of hydrogen-bond acceptors (Lipinski definition) is 6. The molecule has 1 N–H and O–H groups in total. The molecule has 3 aromatic rings. The van der Waals surface area contributed by atoms with E-state index in [-0.39, 0.29) is 31.2 Å². The molecule has 220 valence electrons. The van der Waals surface area contributed by atoms with Crippen LogP contribution in [-0.4, -0.2) is 52.0 Å². The first-order valence-electron chi connectivity index (χ1n) is 13.1. The molecule has 0 unspecified atom stereocenters. The first-order valence-corrected chi connectivity index (χ1v) is 13.1. The zero-order valence-corrected chi connectivity index (χ0v) is 22.6. The lowest BCUT2D eigenvalue weighted by Gasteiger charge is -2.36. The van der Waals surface area contributed by atoms with Gasteiger partial charge in [0.05, 0.1) is 58.3 Å². The average molecular weight is 577 g/mol. The summed E-state index contributed by atoms with van der Waals surface area (Å²) in [5.41, 5.74) is 0.340. The van der Waals surface area contributed by atoms with Gasteiger partial charge in [-0.25, -0.2) is 4.39 Å². The highest BCUT2D eigenvalue weighted by Gasteiger charge is 2.34. The second kappa shape index (κ2) is 14.3. The molecule has 3 aromatic carbocycles. The van der Waals surface area contributed by atoms with E-state index in [1.54, 1.807) is 36.3 Å². The Kier molecular flexibility index (Phi) is 10.6. The lowest BCUT2D eigenvalue weighted by Crippen LogP contribution is -2.57. The molecule has 1 fully saturated rings. The summed E-state index contributed by atoms with van der Waals surface area (Å²) in [6, 6.07) is 16.7. The van der Waals surface area contributed by atoms with Gasteiger partial charge in [0.15, 0.2) is 0 Å². The Morgan fingerprint density at radius 3 is 2.46 bits per heavy atom. The van der Waals surface area contributed by atoms with Crippen molar-refractivity contribution in [2.45, 2.75) is 31.9 Å². The Hall–Kier alpha value is -3.67. The first kappa shape index (κ1) is 30.3. The van der Waals surface area contributed by atoms with Crippen molar-refractivity contribution in [1.82, 2.24) is 5.32 Å². The number of rotatable bonds is 13. The lowest BCUT2D eigenvalue weighted by atomic mass is 10.1. The largest absolute Gasteiger partial charge is 0.496 e. The molecule has 41 heavy (non-hydrogen) atoms. The van der Waals surface area contributed by atoms with Crippen molar-refractivity contribution in [2.24, 2.45) is 0 Å². The number of carbonyl (C=O) groups is 1. The van der Waals surface area contributed by atoms with Crippen LogP contribution in [0.15, 0.2) is 66.7 Å². The van der Waals surface area contributed by atoms with Crippen molar-refractivity contribution >= 4 is 11.6 Å². The molecule has 7 nitrogen and oxygen atoms in total. The molecule has 0 radical (unpaired) electrons. The van der Waals surface area contributed by atoms with Crippen LogP contribution < -0.4 is 19.7 Å². The molecular weight excluding hydrogens is 544 g/mol. The highest BCUT2D eigenvalue weighted by Crippen LogP contribution is 2.33. The summed E-state index contributed by atoms with van der Waals surface area (Å²) < 4.78 is 75.7. The Labute approximate surface area is 236 Å². The van der Waals surface area contributed by atoms with E-state index in [0.29, 0.717) is 50.3 Å². The van der Waals surface area contributed by atoms with Crippen molar-refractivity contribution in [3.63, 3.8) is 0 Å². The lowest BCUT2D eigenvalue weighted by molar-refractivity contribution is -0.139. The molecular formula is C30H32F4N2O5. The van der Waals surface area contributed by atoms with Gasteiger partial charge in [-0.3, -0.25) is 4.79 Å². The fraction of sp³-hybridized carbons (Fsp3) is 0.367. The Bertz CT molecular complexity index is 1290. The van der Waals surface area contributed by atoms with E-state index in [9.17, 15) is 22.4 Å². The zero-order chi connectivity index (χ0) is 29.2. The smallest absolute Gasteiger partial charge is 0.416 e. The number of halogens is 4. The summed E-state index contributed by atoms with van der Waals surface area (Å²) in [6.07, 6.45) is -4.03. The van der Waals surface area contributed by atoms with Gasteiger partial charge in [0.25, 0.3) is 0 Å². The van der Waals surface area contributed by atoms with Gasteiger partial charge >= 0.3 is 6.18 Å². The maximum absolute atomic E-state index is 13.4. The topological polar surface area (TPSA) is 69.3 Å². The number of alkyl halides is 3. The molecule has 4 rings (SSSR count). The second-order valence-corrected chi connectivity index (χ2v) is 9.42. The molecule has 0 spiro atoms. The minimum atomic E-state index is -4.71. The number of benzene rings is 3. The third-order valence-corrected chi connectivity index (χ3v) is 6.50. The number of ether oxygens (including phenoxy) is 4. The van der Waals surface area contributed by atoms with Crippen molar-refractivity contribution in [3.05, 3.63) is 89.2 Å². The van der Waals surface area contributed by atoms with Gasteiger partial charge in [-0.15, -0.1) is 0 Å². The minimum absolute atomic E-state index is 0.0134. The number of piperazine rings is 1. The monoisotopic (exact) mass is 576 g/mol. The van der Waals surface area contributed by atoms with Crippen LogP contribution in [0.5, 0.6) is 11.5 Å². The summed E-state index contributed by atoms with van der Waals surface area (Å²) >= 11 is 0. The molecule has 1 atom stereocenters. The molecule has 1 aliphatic rings. The predicted octanol–water partition coefficient (Wildman–Crippen LogP) is 5.36. The van der Waals surface area contributed by atoms with Crippen molar-refractivity contribution in [2.75, 3.05) is 44.9 Å². The third-order valence-electron chi connectivity index (χ3n) is 6.50. The van der Waals surface area contributed by atoms with Crippen molar-refractivity contribution in [3.8, 4) is 11.5 Å². The summed E-state index contributed by atoms with van der Waals surface area (Å²) in [5.74, 6) is 0.247. The molecule has 0 aromatic heterocycles. The summed E-state index contributed by atoms with van der Waals surface area (Å²) in [6.45, 7) is 1.53. The molecule has 1 saturated heterocycles. The van der Waals surface area contributed by atoms with Crippen LogP contribution in [0.25, 0.3) is 0 Å². The van der Waals surface area contributed by atoms with Crippen LogP contribution in [0, 0.1) is 5.82 Å². The molecule has 11 heteroatoms. The van der Waals surface area contributed by atoms with Gasteiger partial charge in [-0.2, -0.15) is 13.2 Å². The van der Waals surface area contributed by atoms with Gasteiger partial charge in [-0.05, 0) is 48.0 Å². The highest BCUT2D eigenvalue weighted by molar-refractivity contribution is 5.96. The number of methoxy groups -OCH3 is 1. The standard InChI is InChI=1S/C30H32F4N2O5/c1-38-28-6-3-2-5-22(28)19-39-13-4-14-41-26-11-9-24(10-12-26)36-25(16-35-17-29(36)37)20-40-18-21-7-8-23(31)15-27(21)30(32,33)34/h2-3,5-12,15,25,35H,4,13-14,16-20H2,1H3/t25-/m1/s1. The SMILES string of the molecule is COc1ccccc1COCCCOc1ccc(N2C(=O)CNC[C@@H]2COCc2ccc(F)cc2C(F)(F)F)cc1. The van der Waals surface area contributed by atoms with E-state index < -0.39 is 23.6 Å². The second-order valence-electron chi connectivity index (χ2n) is 9.42. The zero-order valence-electron chi connectivity index (χ0n) is 22.6. The Balaban J connectivity index is 1.26. The maximum atomic E-state index is 13.4. The number of carbonyl (C=O) groups excluding carboxylic acids is 1. The van der Waals surface area contributed by atoms with Crippen LogP contribution in [-0.2, 0) is 33.7 Å². The number of nitrogens with one attached hydrogen (secondary N) is 1. The van der Waals surface area contributed by atoms with Crippen molar-refractivity contribution < 1.29 is 41.3 Å². The summed E-state index contributed by atoms with van der Waals surface area (Å²) in [7, 11) is 1.62. The Morgan fingerprint density at radius 2 is 1.71 bits per heavy atom. The van der Waals surface area contributed by atoms with Gasteiger partial charge in [-0.1, -0.05) is 24.3 Å². The number of amides is 1. The van der Waals surface area contributed by atoms with E-state index >= 15 is 0 Å². The fourth-order valence-electron chi connectivity index (χ4n) is 4.52. The predicted molar refractivity (Wildman–Crippen MR) is 144 cm³/mol. The van der Waals surface area contributed by atoms with Crippen LogP contribution in [0.3, 0.4) is 0 Å². The van der Waals surface area contributed by atoms with Crippen LogP contribution in [0.4, 0.5) is 23.2 Å². The first-order chi connectivity index (χ1) is 19.8. The molecule has 0 saturated carbocycles. The Morgan fingerprint density at radius 1 is 0.951 bits per heavy atom. The molecule has 0 aliphatic carbocycles. The van der Waals surface area contributed by atoms with Gasteiger partial charge < -0.3 is 29.2 Å². The van der Waals surface area contributed by atoms with E-state index in [2.05, 4.69) is 5.32 Å². The van der Waals surface area contributed by atoms with Gasteiger partial charge in [0, 0.05) is 24.2 Å². The number of nitrogens with zero attached hydrogens (tertiary/aromatic N) is 1. The van der Waals surface area contributed by atoms with E-state index in [1.807, 2.05) is 24.3 Å². The molecule has 1 amide bonds. The number of hydrogen-bond donors (Lipinski definition) is 1. The third kappa shape index (κ3) is 8.42.